The average Bonchev–Trinajstić information content (AvgIpc) is 3.12. The summed E-state index contributed by atoms with van der Waals surface area (Å²) in [6, 6.07) is 0. The van der Waals surface area contributed by atoms with Crippen molar-refractivity contribution in [2.75, 3.05) is 47.5 Å². The summed E-state index contributed by atoms with van der Waals surface area (Å²) in [7, 11) is 1.15. The predicted octanol–water partition coefficient (Wildman–Crippen LogP) is 11.5. The predicted molar refractivity (Wildman–Crippen MR) is 222 cm³/mol. The van der Waals surface area contributed by atoms with Crippen molar-refractivity contribution < 1.29 is 42.1 Å². The highest BCUT2D eigenvalue weighted by Crippen LogP contribution is 2.38. The van der Waals surface area contributed by atoms with Crippen LogP contribution in [-0.4, -0.2) is 70.0 Å². The maximum atomic E-state index is 12.6. The molecule has 0 fully saturated rings. The Morgan fingerprint density at radius 2 is 1.00 bits per heavy atom. The van der Waals surface area contributed by atoms with Crippen LogP contribution in [0.25, 0.3) is 0 Å². The lowest BCUT2D eigenvalue weighted by Gasteiger charge is -2.28. The molecule has 0 aliphatic carbocycles. The van der Waals surface area contributed by atoms with E-state index < -0.39 is 32.5 Å². The average molecular weight is 784 g/mol. The first-order valence-electron chi connectivity index (χ1n) is 21.7. The van der Waals surface area contributed by atoms with E-state index in [2.05, 4.69) is 50.3 Å². The summed E-state index contributed by atoms with van der Waals surface area (Å²) < 4.78 is 33.8. The van der Waals surface area contributed by atoms with E-state index in [0.29, 0.717) is 17.4 Å². The van der Waals surface area contributed by atoms with Crippen molar-refractivity contribution in [3.8, 4) is 0 Å². The molecule has 0 aromatic rings. The van der Waals surface area contributed by atoms with Gasteiger partial charge in [-0.15, -0.1) is 0 Å². The van der Waals surface area contributed by atoms with Gasteiger partial charge in [-0.05, 0) is 51.4 Å². The summed E-state index contributed by atoms with van der Waals surface area (Å²) in [6.07, 6.45) is 40.3. The molecule has 54 heavy (non-hydrogen) atoms. The fourth-order valence-electron chi connectivity index (χ4n) is 5.72. The van der Waals surface area contributed by atoms with Crippen LogP contribution in [0.15, 0.2) is 36.5 Å². The van der Waals surface area contributed by atoms with Crippen molar-refractivity contribution in [1.29, 1.82) is 0 Å². The molecule has 0 rings (SSSR count). The van der Waals surface area contributed by atoms with Crippen LogP contribution in [-0.2, 0) is 32.7 Å². The minimum atomic E-state index is -4.62. The Balaban J connectivity index is 4.32. The molecule has 9 nitrogen and oxygen atoms in total. The standard InChI is InChI=1S/C44H82NO8P/c1-6-8-10-12-14-16-17-18-19-20-21-22-23-24-25-26-27-29-31-33-35-37-44(47)53-42(41-52-54(48,49)51-39-38-45(3,4)5)40-50-43(46)36-34-32-30-28-15-13-11-9-7-2/h17-18,20-21,23-24,42H,6-16,19,22,25-41H2,1-5H3/b18-17-,21-20-,24-23-. The molecule has 0 aromatic carbocycles. The molecule has 0 heterocycles. The Hall–Kier alpha value is -1.77. The molecule has 0 aliphatic heterocycles. The van der Waals surface area contributed by atoms with Crippen LogP contribution in [0.2, 0.25) is 0 Å². The molecule has 0 amide bonds. The number of allylic oxidation sites excluding steroid dienone is 6. The van der Waals surface area contributed by atoms with Crippen LogP contribution in [0, 0.1) is 0 Å². The smallest absolute Gasteiger partial charge is 0.306 e. The number of carbonyl (C=O) groups is 2. The highest BCUT2D eigenvalue weighted by Gasteiger charge is 2.21. The summed E-state index contributed by atoms with van der Waals surface area (Å²) in [5.41, 5.74) is 0. The van der Waals surface area contributed by atoms with Gasteiger partial charge in [0, 0.05) is 12.8 Å². The van der Waals surface area contributed by atoms with Gasteiger partial charge >= 0.3 is 11.9 Å². The van der Waals surface area contributed by atoms with E-state index in [4.69, 9.17) is 18.5 Å². The van der Waals surface area contributed by atoms with E-state index in [9.17, 15) is 19.0 Å². The van der Waals surface area contributed by atoms with E-state index in [-0.39, 0.29) is 26.1 Å². The number of nitrogens with zero attached hydrogens (tertiary/aromatic N) is 1. The van der Waals surface area contributed by atoms with Gasteiger partial charge in [-0.2, -0.15) is 0 Å². The van der Waals surface area contributed by atoms with E-state index in [1.165, 1.54) is 77.0 Å². The second-order valence-corrected chi connectivity index (χ2v) is 17.1. The summed E-state index contributed by atoms with van der Waals surface area (Å²) >= 11 is 0. The Bertz CT molecular complexity index is 1020. The van der Waals surface area contributed by atoms with Crippen LogP contribution < -0.4 is 4.89 Å². The number of phosphoric acid groups is 1. The molecule has 0 saturated carbocycles. The van der Waals surface area contributed by atoms with Crippen molar-refractivity contribution in [2.24, 2.45) is 0 Å². The minimum Gasteiger partial charge on any atom is -0.756 e. The number of hydrogen-bond acceptors (Lipinski definition) is 8. The number of quaternary nitrogens is 1. The molecule has 0 saturated heterocycles. The zero-order chi connectivity index (χ0) is 40.0. The SMILES string of the molecule is CCCCCCC/C=C\C/C=C\C/C=C\CCCCCCCCC(=O)OC(COC(=O)CCCCCCCCCCC)COP(=O)([O-])OCC[N+](C)(C)C. The number of likely N-dealkylation sites (N-methyl/N-ethyl adjacent to an activating group) is 1. The summed E-state index contributed by atoms with van der Waals surface area (Å²) in [4.78, 5) is 37.4. The topological polar surface area (TPSA) is 111 Å². The van der Waals surface area contributed by atoms with Crippen molar-refractivity contribution >= 4 is 19.8 Å². The lowest BCUT2D eigenvalue weighted by atomic mass is 10.1. The summed E-state index contributed by atoms with van der Waals surface area (Å²) in [5, 5.41) is 0. The molecular formula is C44H82NO8P. The molecule has 2 unspecified atom stereocenters. The number of rotatable bonds is 39. The summed E-state index contributed by atoms with van der Waals surface area (Å²) in [5.74, 6) is -0.851. The van der Waals surface area contributed by atoms with Crippen molar-refractivity contribution in [2.45, 2.75) is 187 Å². The largest absolute Gasteiger partial charge is 0.756 e. The van der Waals surface area contributed by atoms with Crippen molar-refractivity contribution in [1.82, 2.24) is 0 Å². The van der Waals surface area contributed by atoms with Gasteiger partial charge < -0.3 is 27.9 Å². The lowest BCUT2D eigenvalue weighted by molar-refractivity contribution is -0.870. The number of esters is 2. The normalized spacial score (nSPS) is 14.0. The molecule has 2 atom stereocenters. The van der Waals surface area contributed by atoms with E-state index in [1.807, 2.05) is 21.1 Å². The van der Waals surface area contributed by atoms with Gasteiger partial charge in [0.15, 0.2) is 6.10 Å². The molecule has 316 valence electrons. The molecule has 0 aromatic heterocycles. The molecule has 0 N–H and O–H groups in total. The second kappa shape index (κ2) is 36.8. The lowest BCUT2D eigenvalue weighted by Crippen LogP contribution is -2.37. The quantitative estimate of drug-likeness (QED) is 0.0199. The highest BCUT2D eigenvalue weighted by atomic mass is 31.2. The number of phosphoric ester groups is 1. The first-order chi connectivity index (χ1) is 26.0. The Labute approximate surface area is 331 Å². The Kier molecular flexibility index (Phi) is 35.6. The Morgan fingerprint density at radius 3 is 1.48 bits per heavy atom. The van der Waals surface area contributed by atoms with Gasteiger partial charge in [-0.25, -0.2) is 0 Å². The number of ether oxygens (including phenoxy) is 2. The fourth-order valence-corrected chi connectivity index (χ4v) is 6.45. The van der Waals surface area contributed by atoms with E-state index in [0.717, 1.165) is 70.6 Å². The van der Waals surface area contributed by atoms with Crippen LogP contribution in [0.1, 0.15) is 181 Å². The van der Waals surface area contributed by atoms with Gasteiger partial charge in [0.25, 0.3) is 7.82 Å². The maximum absolute atomic E-state index is 12.6. The molecule has 0 spiro atoms. The van der Waals surface area contributed by atoms with Gasteiger partial charge in [-0.1, -0.05) is 153 Å². The van der Waals surface area contributed by atoms with Crippen LogP contribution in [0.5, 0.6) is 0 Å². The fraction of sp³-hybridized carbons (Fsp3) is 0.818. The molecular weight excluding hydrogens is 701 g/mol. The first-order valence-corrected chi connectivity index (χ1v) is 23.2. The summed E-state index contributed by atoms with van der Waals surface area (Å²) in [6.45, 7) is 4.17. The number of carbonyl (C=O) groups excluding carboxylic acids is 2. The molecule has 10 heteroatoms. The van der Waals surface area contributed by atoms with Gasteiger partial charge in [0.1, 0.15) is 19.8 Å². The van der Waals surface area contributed by atoms with E-state index >= 15 is 0 Å². The number of unbranched alkanes of at least 4 members (excludes halogenated alkanes) is 19. The van der Waals surface area contributed by atoms with Crippen molar-refractivity contribution in [3.63, 3.8) is 0 Å². The third-order valence-electron chi connectivity index (χ3n) is 9.16. The van der Waals surface area contributed by atoms with Gasteiger partial charge in [0.2, 0.25) is 0 Å². The Morgan fingerprint density at radius 1 is 0.574 bits per heavy atom. The molecule has 0 radical (unpaired) electrons. The van der Waals surface area contributed by atoms with Gasteiger partial charge in [0.05, 0.1) is 27.7 Å². The second-order valence-electron chi connectivity index (χ2n) is 15.7. The van der Waals surface area contributed by atoms with E-state index in [1.54, 1.807) is 0 Å². The molecule has 0 aliphatic rings. The van der Waals surface area contributed by atoms with Crippen LogP contribution in [0.4, 0.5) is 0 Å². The third-order valence-corrected chi connectivity index (χ3v) is 10.1. The zero-order valence-electron chi connectivity index (χ0n) is 35.4. The molecule has 0 bridgehead atoms. The monoisotopic (exact) mass is 784 g/mol. The maximum Gasteiger partial charge on any atom is 0.306 e. The van der Waals surface area contributed by atoms with Gasteiger partial charge in [-0.3, -0.25) is 14.2 Å². The van der Waals surface area contributed by atoms with Crippen molar-refractivity contribution in [3.05, 3.63) is 36.5 Å². The number of hydrogen-bond donors (Lipinski definition) is 0. The van der Waals surface area contributed by atoms with Crippen LogP contribution >= 0.6 is 7.82 Å². The van der Waals surface area contributed by atoms with Crippen LogP contribution in [0.3, 0.4) is 0 Å². The third kappa shape index (κ3) is 39.9. The minimum absolute atomic E-state index is 0.0333. The highest BCUT2D eigenvalue weighted by molar-refractivity contribution is 7.45. The zero-order valence-corrected chi connectivity index (χ0v) is 36.3. The first kappa shape index (κ1) is 52.2.